The zero-order valence-corrected chi connectivity index (χ0v) is 24.2. The van der Waals surface area contributed by atoms with Gasteiger partial charge >= 0.3 is 0 Å². The summed E-state index contributed by atoms with van der Waals surface area (Å²) in [4.78, 5) is 17.2. The fraction of sp³-hybridized carbons (Fsp3) is 0.312. The Labute approximate surface area is 240 Å². The summed E-state index contributed by atoms with van der Waals surface area (Å²) >= 11 is 1.75. The average molecular weight is 560 g/mol. The molecule has 0 aliphatic carbocycles. The summed E-state index contributed by atoms with van der Waals surface area (Å²) in [7, 11) is 3.34. The molecule has 0 unspecified atom stereocenters. The molecule has 0 bridgehead atoms. The van der Waals surface area contributed by atoms with Crippen LogP contribution in [0, 0.1) is 0 Å². The summed E-state index contributed by atoms with van der Waals surface area (Å²) in [6.07, 6.45) is 1.85. The molecule has 1 heterocycles. The summed E-state index contributed by atoms with van der Waals surface area (Å²) in [6.45, 7) is 4.08. The van der Waals surface area contributed by atoms with Gasteiger partial charge in [0.05, 0.1) is 32.2 Å². The van der Waals surface area contributed by atoms with E-state index in [9.17, 15) is 4.79 Å². The summed E-state index contributed by atoms with van der Waals surface area (Å²) in [5.74, 6) is 2.45. The number of rotatable bonds is 15. The normalized spacial score (nSPS) is 10.9. The zero-order chi connectivity index (χ0) is 28.2. The number of imidazole rings is 1. The van der Waals surface area contributed by atoms with Gasteiger partial charge < -0.3 is 24.1 Å². The molecule has 0 fully saturated rings. The molecule has 4 aromatic rings. The summed E-state index contributed by atoms with van der Waals surface area (Å²) < 4.78 is 18.5. The minimum absolute atomic E-state index is 0.0693. The van der Waals surface area contributed by atoms with Crippen molar-refractivity contribution in [3.05, 3.63) is 84.4 Å². The van der Waals surface area contributed by atoms with E-state index in [2.05, 4.69) is 41.1 Å². The minimum Gasteiger partial charge on any atom is -0.497 e. The number of methoxy groups -OCH3 is 2. The Morgan fingerprint density at radius 3 is 2.15 bits per heavy atom. The number of carbonyl (C=O) groups excluding carboxylic acids is 1. The molecule has 40 heavy (non-hydrogen) atoms. The molecule has 7 nitrogen and oxygen atoms in total. The van der Waals surface area contributed by atoms with Gasteiger partial charge in [0.1, 0.15) is 18.1 Å². The first kappa shape index (κ1) is 29.2. The van der Waals surface area contributed by atoms with Crippen molar-refractivity contribution in [1.29, 1.82) is 0 Å². The number of carbonyl (C=O) groups is 1. The molecule has 0 aliphatic rings. The van der Waals surface area contributed by atoms with E-state index < -0.39 is 0 Å². The highest BCUT2D eigenvalue weighted by Gasteiger charge is 2.20. The molecule has 3 aromatic carbocycles. The van der Waals surface area contributed by atoms with Crippen molar-refractivity contribution in [3.63, 3.8) is 0 Å². The molecule has 8 heteroatoms. The maximum Gasteiger partial charge on any atom is 0.246 e. The quantitative estimate of drug-likeness (QED) is 0.133. The number of nitrogens with zero attached hydrogens (tertiary/aromatic N) is 2. The lowest BCUT2D eigenvalue weighted by atomic mass is 10.0. The molecule has 210 valence electrons. The Bertz CT molecular complexity index is 1340. The van der Waals surface area contributed by atoms with E-state index in [1.54, 1.807) is 26.0 Å². The van der Waals surface area contributed by atoms with Gasteiger partial charge in [-0.15, -0.1) is 0 Å². The second-order valence-corrected chi connectivity index (χ2v) is 10.2. The lowest BCUT2D eigenvalue weighted by Crippen LogP contribution is -2.28. The highest BCUT2D eigenvalue weighted by atomic mass is 32.2. The largest absolute Gasteiger partial charge is 0.497 e. The molecule has 4 rings (SSSR count). The summed E-state index contributed by atoms with van der Waals surface area (Å²) in [5, 5.41) is 3.93. The van der Waals surface area contributed by atoms with E-state index in [-0.39, 0.29) is 12.5 Å². The van der Waals surface area contributed by atoms with Crippen LogP contribution in [0.4, 0.5) is 0 Å². The number of benzene rings is 3. The van der Waals surface area contributed by atoms with Crippen LogP contribution in [0.1, 0.15) is 25.3 Å². The fourth-order valence-electron chi connectivity index (χ4n) is 4.33. The van der Waals surface area contributed by atoms with Crippen LogP contribution < -0.4 is 14.8 Å². The van der Waals surface area contributed by atoms with Gasteiger partial charge in [0, 0.05) is 30.0 Å². The van der Waals surface area contributed by atoms with Crippen LogP contribution in [0.15, 0.2) is 84.0 Å². The molecule has 0 aliphatic heterocycles. The monoisotopic (exact) mass is 559 g/mol. The Balaban J connectivity index is 1.35. The van der Waals surface area contributed by atoms with Crippen LogP contribution in [0.3, 0.4) is 0 Å². The van der Waals surface area contributed by atoms with Crippen molar-refractivity contribution in [2.45, 2.75) is 38.1 Å². The van der Waals surface area contributed by atoms with E-state index >= 15 is 0 Å². The van der Waals surface area contributed by atoms with Crippen molar-refractivity contribution in [2.24, 2.45) is 0 Å². The SMILES string of the molecule is CCn1c(SCCCCNC(=O)COCc2ccccc2)nc(-c2ccc(OC)cc2)c1-c1ccc(OC)cc1. The van der Waals surface area contributed by atoms with Gasteiger partial charge in [0.25, 0.3) is 0 Å². The van der Waals surface area contributed by atoms with E-state index in [1.165, 1.54) is 0 Å². The number of unbranched alkanes of at least 4 members (excludes halogenated alkanes) is 1. The number of aromatic nitrogens is 2. The highest BCUT2D eigenvalue weighted by Crippen LogP contribution is 2.37. The van der Waals surface area contributed by atoms with Crippen molar-refractivity contribution < 1.29 is 19.0 Å². The topological polar surface area (TPSA) is 74.6 Å². The first-order valence-corrected chi connectivity index (χ1v) is 14.5. The molecular formula is C32H37N3O4S. The van der Waals surface area contributed by atoms with Gasteiger partial charge in [-0.05, 0) is 73.9 Å². The van der Waals surface area contributed by atoms with Gasteiger partial charge in [0.15, 0.2) is 5.16 Å². The zero-order valence-electron chi connectivity index (χ0n) is 23.4. The Hall–Kier alpha value is -3.75. The Kier molecular flexibility index (Phi) is 11.1. The molecule has 0 saturated heterocycles. The third-order valence-corrected chi connectivity index (χ3v) is 7.51. The fourth-order valence-corrected chi connectivity index (χ4v) is 5.40. The van der Waals surface area contributed by atoms with E-state index in [1.807, 2.05) is 54.6 Å². The van der Waals surface area contributed by atoms with Crippen LogP contribution in [0.2, 0.25) is 0 Å². The summed E-state index contributed by atoms with van der Waals surface area (Å²) in [5.41, 5.74) is 5.21. The molecule has 0 atom stereocenters. The molecule has 1 N–H and O–H groups in total. The Morgan fingerprint density at radius 2 is 1.52 bits per heavy atom. The van der Waals surface area contributed by atoms with Crippen LogP contribution in [0.25, 0.3) is 22.5 Å². The molecule has 0 spiro atoms. The van der Waals surface area contributed by atoms with Crippen molar-refractivity contribution in [2.75, 3.05) is 33.1 Å². The standard InChI is InChI=1S/C32H37N3O4S/c1-4-35-31(26-14-18-28(38-3)19-15-26)30(25-12-16-27(37-2)17-13-25)34-32(35)40-21-9-8-20-33-29(36)23-39-22-24-10-6-5-7-11-24/h5-7,10-19H,4,8-9,20-23H2,1-3H3,(H,33,36). The number of thioether (sulfide) groups is 1. The number of ether oxygens (including phenoxy) is 3. The van der Waals surface area contributed by atoms with E-state index in [4.69, 9.17) is 19.2 Å². The predicted molar refractivity (Wildman–Crippen MR) is 161 cm³/mol. The third kappa shape index (κ3) is 7.90. The highest BCUT2D eigenvalue weighted by molar-refractivity contribution is 7.99. The second-order valence-electron chi connectivity index (χ2n) is 9.18. The number of hydrogen-bond donors (Lipinski definition) is 1. The maximum atomic E-state index is 12.1. The Morgan fingerprint density at radius 1 is 0.875 bits per heavy atom. The van der Waals surface area contributed by atoms with Gasteiger partial charge in [-0.25, -0.2) is 4.98 Å². The lowest BCUT2D eigenvalue weighted by Gasteiger charge is -2.12. The van der Waals surface area contributed by atoms with E-state index in [0.717, 1.165) is 69.9 Å². The molecule has 0 radical (unpaired) electrons. The van der Waals surface area contributed by atoms with Crippen molar-refractivity contribution >= 4 is 17.7 Å². The molecular weight excluding hydrogens is 522 g/mol. The average Bonchev–Trinajstić information content (AvgIpc) is 3.37. The van der Waals surface area contributed by atoms with Crippen LogP contribution in [-0.2, 0) is 22.7 Å². The molecule has 0 saturated carbocycles. The smallest absolute Gasteiger partial charge is 0.246 e. The summed E-state index contributed by atoms with van der Waals surface area (Å²) in [6, 6.07) is 26.0. The van der Waals surface area contributed by atoms with Gasteiger partial charge in [-0.1, -0.05) is 42.1 Å². The van der Waals surface area contributed by atoms with Crippen molar-refractivity contribution in [3.8, 4) is 34.0 Å². The predicted octanol–water partition coefficient (Wildman–Crippen LogP) is 6.46. The lowest BCUT2D eigenvalue weighted by molar-refractivity contribution is -0.126. The maximum absolute atomic E-state index is 12.1. The third-order valence-electron chi connectivity index (χ3n) is 6.44. The van der Waals surface area contributed by atoms with Gasteiger partial charge in [-0.2, -0.15) is 0 Å². The molecule has 1 aromatic heterocycles. The first-order valence-electron chi connectivity index (χ1n) is 13.5. The number of amides is 1. The van der Waals surface area contributed by atoms with Crippen LogP contribution in [-0.4, -0.2) is 48.6 Å². The number of nitrogens with one attached hydrogen (secondary N) is 1. The number of hydrogen-bond acceptors (Lipinski definition) is 6. The first-order chi connectivity index (χ1) is 19.6. The van der Waals surface area contributed by atoms with Crippen LogP contribution in [0.5, 0.6) is 11.5 Å². The van der Waals surface area contributed by atoms with Gasteiger partial charge in [0.2, 0.25) is 5.91 Å². The minimum atomic E-state index is -0.0848. The van der Waals surface area contributed by atoms with Crippen LogP contribution >= 0.6 is 11.8 Å². The van der Waals surface area contributed by atoms with Crippen molar-refractivity contribution in [1.82, 2.24) is 14.9 Å². The van der Waals surface area contributed by atoms with E-state index in [0.29, 0.717) is 13.2 Å². The molecule has 1 amide bonds. The second kappa shape index (κ2) is 15.1. The van der Waals surface area contributed by atoms with Gasteiger partial charge in [-0.3, -0.25) is 4.79 Å².